The van der Waals surface area contributed by atoms with Crippen molar-refractivity contribution in [3.8, 4) is 0 Å². The average molecular weight is 326 g/mol. The first kappa shape index (κ1) is 15.9. The topological polar surface area (TPSA) is 46.5 Å². The first-order valence-corrected chi connectivity index (χ1v) is 9.33. The lowest BCUT2D eigenvalue weighted by Gasteiger charge is -2.20. The highest BCUT2D eigenvalue weighted by molar-refractivity contribution is 7.51. The fourth-order valence-corrected chi connectivity index (χ4v) is 4.11. The van der Waals surface area contributed by atoms with E-state index in [2.05, 4.69) is 0 Å². The maximum Gasteiger partial charge on any atom is 0.333 e. The van der Waals surface area contributed by atoms with Crippen molar-refractivity contribution in [1.29, 1.82) is 0 Å². The van der Waals surface area contributed by atoms with Gasteiger partial charge in [-0.05, 0) is 28.8 Å². The average Bonchev–Trinajstić information content (AvgIpc) is 2.54. The van der Waals surface area contributed by atoms with E-state index in [1.807, 2.05) is 79.7 Å². The maximum atomic E-state index is 12.4. The van der Waals surface area contributed by atoms with Crippen molar-refractivity contribution < 1.29 is 14.0 Å². The largest absolute Gasteiger partial charge is 0.333 e. The standard InChI is InChI=1S/C19H19O3P/c1-15(18-13-7-11-17-10-5-6-12-19(17)18)22-23(20,21)14-16-8-3-2-4-9-16/h2-13,15H,14H2,1H3,(H,20,21). The van der Waals surface area contributed by atoms with E-state index in [1.54, 1.807) is 0 Å². The van der Waals surface area contributed by atoms with Gasteiger partial charge in [0.1, 0.15) is 0 Å². The van der Waals surface area contributed by atoms with Crippen LogP contribution in [0.2, 0.25) is 0 Å². The van der Waals surface area contributed by atoms with Gasteiger partial charge in [0.15, 0.2) is 0 Å². The number of rotatable bonds is 5. The van der Waals surface area contributed by atoms with Crippen molar-refractivity contribution in [2.45, 2.75) is 19.2 Å². The predicted octanol–water partition coefficient (Wildman–Crippen LogP) is 5.30. The molecule has 0 radical (unpaired) electrons. The van der Waals surface area contributed by atoms with E-state index in [0.29, 0.717) is 0 Å². The number of benzene rings is 3. The molecule has 0 spiro atoms. The van der Waals surface area contributed by atoms with Gasteiger partial charge in [-0.25, -0.2) is 0 Å². The maximum absolute atomic E-state index is 12.4. The van der Waals surface area contributed by atoms with Crippen molar-refractivity contribution in [3.63, 3.8) is 0 Å². The van der Waals surface area contributed by atoms with Gasteiger partial charge in [0.05, 0.1) is 12.3 Å². The highest BCUT2D eigenvalue weighted by Crippen LogP contribution is 2.50. The van der Waals surface area contributed by atoms with E-state index in [0.717, 1.165) is 21.9 Å². The molecule has 2 unspecified atom stereocenters. The zero-order valence-electron chi connectivity index (χ0n) is 12.9. The van der Waals surface area contributed by atoms with Crippen LogP contribution in [0.1, 0.15) is 24.2 Å². The molecule has 0 fully saturated rings. The lowest BCUT2D eigenvalue weighted by atomic mass is 10.0. The number of fused-ring (bicyclic) bond motifs is 1. The summed E-state index contributed by atoms with van der Waals surface area (Å²) in [5, 5.41) is 2.14. The third-order valence-electron chi connectivity index (χ3n) is 3.81. The number of hydrogen-bond acceptors (Lipinski definition) is 2. The van der Waals surface area contributed by atoms with Gasteiger partial charge in [0.25, 0.3) is 0 Å². The van der Waals surface area contributed by atoms with E-state index in [4.69, 9.17) is 4.52 Å². The summed E-state index contributed by atoms with van der Waals surface area (Å²) in [6.07, 6.45) is -0.441. The summed E-state index contributed by atoms with van der Waals surface area (Å²) in [5.41, 5.74) is 1.72. The Labute approximate surface area is 136 Å². The molecule has 0 aliphatic rings. The summed E-state index contributed by atoms with van der Waals surface area (Å²) in [4.78, 5) is 10.2. The second kappa shape index (κ2) is 6.67. The van der Waals surface area contributed by atoms with E-state index in [-0.39, 0.29) is 6.16 Å². The Balaban J connectivity index is 1.82. The Morgan fingerprint density at radius 1 is 0.957 bits per heavy atom. The SMILES string of the molecule is CC(OP(=O)(O)Cc1ccccc1)c1cccc2ccccc12. The van der Waals surface area contributed by atoms with E-state index in [9.17, 15) is 9.46 Å². The van der Waals surface area contributed by atoms with Crippen LogP contribution in [0.3, 0.4) is 0 Å². The molecule has 3 rings (SSSR count). The zero-order chi connectivity index (χ0) is 16.3. The summed E-state index contributed by atoms with van der Waals surface area (Å²) >= 11 is 0. The van der Waals surface area contributed by atoms with Crippen LogP contribution >= 0.6 is 7.60 Å². The van der Waals surface area contributed by atoms with Gasteiger partial charge in [-0.15, -0.1) is 0 Å². The minimum absolute atomic E-state index is 0.0168. The molecule has 118 valence electrons. The molecule has 0 saturated heterocycles. The fourth-order valence-electron chi connectivity index (χ4n) is 2.76. The molecule has 0 aliphatic heterocycles. The minimum atomic E-state index is -3.71. The van der Waals surface area contributed by atoms with Crippen molar-refractivity contribution in [1.82, 2.24) is 0 Å². The normalized spacial score (nSPS) is 15.2. The Bertz CT molecular complexity index is 840. The lowest BCUT2D eigenvalue weighted by molar-refractivity contribution is 0.192. The third-order valence-corrected chi connectivity index (χ3v) is 5.22. The molecule has 1 N–H and O–H groups in total. The Morgan fingerprint density at radius 2 is 1.61 bits per heavy atom. The smallest absolute Gasteiger partial charge is 0.324 e. The van der Waals surface area contributed by atoms with Crippen molar-refractivity contribution in [3.05, 3.63) is 83.9 Å². The predicted molar refractivity (Wildman–Crippen MR) is 93.4 cm³/mol. The summed E-state index contributed by atoms with van der Waals surface area (Å²) < 4.78 is 18.0. The van der Waals surface area contributed by atoms with Gasteiger partial charge in [-0.3, -0.25) is 4.57 Å². The first-order valence-electron chi connectivity index (χ1n) is 7.57. The lowest BCUT2D eigenvalue weighted by Crippen LogP contribution is -2.01. The van der Waals surface area contributed by atoms with Gasteiger partial charge in [0.2, 0.25) is 0 Å². The second-order valence-corrected chi connectivity index (χ2v) is 7.40. The third kappa shape index (κ3) is 3.89. The molecule has 3 nitrogen and oxygen atoms in total. The van der Waals surface area contributed by atoms with Gasteiger partial charge in [0, 0.05) is 0 Å². The van der Waals surface area contributed by atoms with Crippen LogP contribution in [0.5, 0.6) is 0 Å². The monoisotopic (exact) mass is 326 g/mol. The van der Waals surface area contributed by atoms with Gasteiger partial charge in [-0.2, -0.15) is 0 Å². The molecule has 0 saturated carbocycles. The van der Waals surface area contributed by atoms with Crippen LogP contribution < -0.4 is 0 Å². The summed E-state index contributed by atoms with van der Waals surface area (Å²) in [6.45, 7) is 1.82. The zero-order valence-corrected chi connectivity index (χ0v) is 13.8. The Morgan fingerprint density at radius 3 is 2.39 bits per heavy atom. The molecule has 0 amide bonds. The highest BCUT2D eigenvalue weighted by Gasteiger charge is 2.24. The van der Waals surface area contributed by atoms with Crippen molar-refractivity contribution >= 4 is 18.4 Å². The van der Waals surface area contributed by atoms with Gasteiger partial charge < -0.3 is 9.42 Å². The summed E-state index contributed by atoms with van der Waals surface area (Å²) in [6, 6.07) is 23.1. The molecule has 3 aromatic carbocycles. The summed E-state index contributed by atoms with van der Waals surface area (Å²) in [5.74, 6) is 0. The molecule has 3 aromatic rings. The van der Waals surface area contributed by atoms with Crippen LogP contribution in [0.4, 0.5) is 0 Å². The minimum Gasteiger partial charge on any atom is -0.324 e. The molecule has 0 aromatic heterocycles. The van der Waals surface area contributed by atoms with E-state index in [1.165, 1.54) is 0 Å². The van der Waals surface area contributed by atoms with Gasteiger partial charge in [-0.1, -0.05) is 72.8 Å². The number of hydrogen-bond donors (Lipinski definition) is 1. The first-order chi connectivity index (χ1) is 11.1. The molecular formula is C19H19O3P. The van der Waals surface area contributed by atoms with Crippen molar-refractivity contribution in [2.75, 3.05) is 0 Å². The van der Waals surface area contributed by atoms with Crippen LogP contribution in [0.15, 0.2) is 72.8 Å². The van der Waals surface area contributed by atoms with Crippen LogP contribution in [-0.2, 0) is 15.3 Å². The molecule has 0 heterocycles. The van der Waals surface area contributed by atoms with Crippen LogP contribution in [0, 0.1) is 0 Å². The molecular weight excluding hydrogens is 307 g/mol. The molecule has 2 atom stereocenters. The Hall–Kier alpha value is -1.93. The molecule has 4 heteroatoms. The van der Waals surface area contributed by atoms with Gasteiger partial charge >= 0.3 is 7.60 Å². The van der Waals surface area contributed by atoms with Crippen LogP contribution in [0.25, 0.3) is 10.8 Å². The molecule has 0 aliphatic carbocycles. The highest BCUT2D eigenvalue weighted by atomic mass is 31.2. The molecule has 0 bridgehead atoms. The molecule has 23 heavy (non-hydrogen) atoms. The fraction of sp³-hybridized carbons (Fsp3) is 0.158. The quantitative estimate of drug-likeness (QED) is 0.647. The Kier molecular flexibility index (Phi) is 4.63. The summed E-state index contributed by atoms with van der Waals surface area (Å²) in [7, 11) is -3.71. The van der Waals surface area contributed by atoms with E-state index >= 15 is 0 Å². The van der Waals surface area contributed by atoms with E-state index < -0.39 is 13.7 Å². The second-order valence-electron chi connectivity index (χ2n) is 5.60. The van der Waals surface area contributed by atoms with Crippen molar-refractivity contribution in [2.24, 2.45) is 0 Å². The van der Waals surface area contributed by atoms with Crippen LogP contribution in [-0.4, -0.2) is 4.89 Å².